The molecule has 3 N–H and O–H groups in total. The van der Waals surface area contributed by atoms with Crippen molar-refractivity contribution in [3.63, 3.8) is 0 Å². The molecule has 1 aliphatic heterocycles. The number of carbonyl (C=O) groups excluding carboxylic acids is 2. The van der Waals surface area contributed by atoms with Gasteiger partial charge in [-0.15, -0.1) is 0 Å². The molecule has 0 bridgehead atoms. The number of rotatable bonds is 4. The Morgan fingerprint density at radius 2 is 2.07 bits per heavy atom. The van der Waals surface area contributed by atoms with E-state index in [0.29, 0.717) is 17.6 Å². The number of benzene rings is 2. The summed E-state index contributed by atoms with van der Waals surface area (Å²) in [7, 11) is 0. The van der Waals surface area contributed by atoms with Gasteiger partial charge in [-0.05, 0) is 29.8 Å². The van der Waals surface area contributed by atoms with Crippen LogP contribution in [-0.4, -0.2) is 39.8 Å². The Kier molecular flexibility index (Phi) is 4.66. The number of likely N-dealkylation sites (tertiary alicyclic amines) is 1. The summed E-state index contributed by atoms with van der Waals surface area (Å²) in [5.41, 5.74) is 5.59. The highest BCUT2D eigenvalue weighted by Gasteiger charge is 2.44. The number of halogens is 2. The van der Waals surface area contributed by atoms with Crippen molar-refractivity contribution in [3.05, 3.63) is 63.9 Å². The molecule has 8 heteroatoms. The van der Waals surface area contributed by atoms with Crippen molar-refractivity contribution >= 4 is 38.8 Å². The highest BCUT2D eigenvalue weighted by Crippen LogP contribution is 2.36. The van der Waals surface area contributed by atoms with Crippen LogP contribution in [0.3, 0.4) is 0 Å². The summed E-state index contributed by atoms with van der Waals surface area (Å²) in [6, 6.07) is 12.4. The van der Waals surface area contributed by atoms with Crippen LogP contribution in [0, 0.1) is 0 Å². The number of hydrogen-bond acceptors (Lipinski definition) is 3. The first-order valence-electron chi connectivity index (χ1n) is 8.86. The summed E-state index contributed by atoms with van der Waals surface area (Å²) in [5, 5.41) is 0. The molecule has 1 aliphatic rings. The van der Waals surface area contributed by atoms with E-state index in [9.17, 15) is 9.59 Å². The third-order valence-electron chi connectivity index (χ3n) is 5.02. The minimum absolute atomic E-state index is 0.0778. The minimum atomic E-state index is -1.79. The lowest BCUT2D eigenvalue weighted by Crippen LogP contribution is -2.33. The van der Waals surface area contributed by atoms with E-state index >= 15 is 4.39 Å². The number of para-hydroxylation sites is 1. The van der Waals surface area contributed by atoms with E-state index in [1.54, 1.807) is 18.2 Å². The molecule has 6 nitrogen and oxygen atoms in total. The van der Waals surface area contributed by atoms with Crippen LogP contribution in [0.25, 0.3) is 11.0 Å². The number of nitrogens with one attached hydrogen (secondary N) is 1. The lowest BCUT2D eigenvalue weighted by atomic mass is 10.1. The van der Waals surface area contributed by atoms with Crippen LogP contribution in [-0.2, 0) is 16.9 Å². The van der Waals surface area contributed by atoms with Gasteiger partial charge in [-0.1, -0.05) is 34.1 Å². The van der Waals surface area contributed by atoms with E-state index in [2.05, 4.69) is 25.9 Å². The molecule has 2 heterocycles. The number of amides is 2. The fourth-order valence-electron chi connectivity index (χ4n) is 3.56. The minimum Gasteiger partial charge on any atom is -0.366 e. The number of nitrogens with zero attached hydrogens (tertiary/aromatic N) is 2. The zero-order valence-corrected chi connectivity index (χ0v) is 16.5. The van der Waals surface area contributed by atoms with Crippen LogP contribution >= 0.6 is 15.9 Å². The number of fused-ring (bicyclic) bond motifs is 1. The summed E-state index contributed by atoms with van der Waals surface area (Å²) in [6.45, 7) is 0.231. The van der Waals surface area contributed by atoms with Gasteiger partial charge in [0, 0.05) is 17.4 Å². The molecular weight excluding hydrogens is 427 g/mol. The van der Waals surface area contributed by atoms with Crippen molar-refractivity contribution < 1.29 is 14.0 Å². The van der Waals surface area contributed by atoms with Crippen molar-refractivity contribution in [2.45, 2.75) is 18.5 Å². The topological polar surface area (TPSA) is 92.1 Å². The van der Waals surface area contributed by atoms with E-state index in [4.69, 9.17) is 5.73 Å². The molecule has 1 atom stereocenters. The standard InChI is InChI=1S/C20H18BrFN4O2/c21-13-4-1-3-12(9-13)10-16(27)26-8-7-20(22,11-26)19-24-15-6-2-5-14(18(23)28)17(15)25-19/h1-6,9H,7-8,10-11H2,(H2,23,28)(H,24,25). The van der Waals surface area contributed by atoms with Crippen LogP contribution in [0.2, 0.25) is 0 Å². The molecule has 1 unspecified atom stereocenters. The maximum atomic E-state index is 15.6. The van der Waals surface area contributed by atoms with Gasteiger partial charge in [-0.2, -0.15) is 0 Å². The van der Waals surface area contributed by atoms with E-state index in [0.717, 1.165) is 10.0 Å². The van der Waals surface area contributed by atoms with E-state index in [1.807, 2.05) is 24.3 Å². The second-order valence-electron chi connectivity index (χ2n) is 6.99. The zero-order chi connectivity index (χ0) is 19.9. The van der Waals surface area contributed by atoms with Crippen LogP contribution in [0.1, 0.15) is 28.2 Å². The molecule has 2 amide bonds. The Balaban J connectivity index is 1.55. The van der Waals surface area contributed by atoms with E-state index in [1.165, 1.54) is 4.90 Å². The Labute approximate surface area is 169 Å². The maximum absolute atomic E-state index is 15.6. The number of alkyl halides is 1. The molecule has 2 aromatic carbocycles. The zero-order valence-electron chi connectivity index (χ0n) is 14.9. The van der Waals surface area contributed by atoms with Crippen molar-refractivity contribution in [3.8, 4) is 0 Å². The first-order valence-corrected chi connectivity index (χ1v) is 9.65. The average molecular weight is 445 g/mol. The van der Waals surface area contributed by atoms with Crippen molar-refractivity contribution in [1.82, 2.24) is 14.9 Å². The Morgan fingerprint density at radius 1 is 1.29 bits per heavy atom. The van der Waals surface area contributed by atoms with Gasteiger partial charge in [0.15, 0.2) is 5.67 Å². The number of aromatic nitrogens is 2. The average Bonchev–Trinajstić information content (AvgIpc) is 3.26. The molecule has 0 saturated carbocycles. The van der Waals surface area contributed by atoms with Crippen molar-refractivity contribution in [2.75, 3.05) is 13.1 Å². The summed E-state index contributed by atoms with van der Waals surface area (Å²) in [6.07, 6.45) is 0.352. The lowest BCUT2D eigenvalue weighted by Gasteiger charge is -2.19. The Hall–Kier alpha value is -2.74. The molecule has 1 saturated heterocycles. The Morgan fingerprint density at radius 3 is 2.82 bits per heavy atom. The summed E-state index contributed by atoms with van der Waals surface area (Å²) in [5.74, 6) is -0.630. The van der Waals surface area contributed by atoms with Crippen LogP contribution in [0.4, 0.5) is 4.39 Å². The molecule has 0 spiro atoms. The normalized spacial score (nSPS) is 19.3. The summed E-state index contributed by atoms with van der Waals surface area (Å²) >= 11 is 3.39. The number of carbonyl (C=O) groups is 2. The number of primary amides is 1. The molecule has 0 aliphatic carbocycles. The SMILES string of the molecule is NC(=O)c1cccc2[nH]c(C3(F)CCN(C(=O)Cc4cccc(Br)c4)C3)nc12. The number of hydrogen-bond donors (Lipinski definition) is 2. The van der Waals surface area contributed by atoms with Gasteiger partial charge in [-0.25, -0.2) is 9.37 Å². The molecule has 1 aromatic heterocycles. The highest BCUT2D eigenvalue weighted by atomic mass is 79.9. The van der Waals surface area contributed by atoms with Gasteiger partial charge in [0.2, 0.25) is 5.91 Å². The Bertz CT molecular complexity index is 1080. The highest BCUT2D eigenvalue weighted by molar-refractivity contribution is 9.10. The van der Waals surface area contributed by atoms with Gasteiger partial charge in [0.25, 0.3) is 5.91 Å². The fourth-order valence-corrected chi connectivity index (χ4v) is 4.00. The fraction of sp³-hybridized carbons (Fsp3) is 0.250. The second kappa shape index (κ2) is 7.01. The first-order chi connectivity index (χ1) is 13.4. The van der Waals surface area contributed by atoms with Gasteiger partial charge in [-0.3, -0.25) is 9.59 Å². The number of aromatic amines is 1. The maximum Gasteiger partial charge on any atom is 0.250 e. The van der Waals surface area contributed by atoms with Gasteiger partial charge >= 0.3 is 0 Å². The van der Waals surface area contributed by atoms with Crippen molar-refractivity contribution in [1.29, 1.82) is 0 Å². The van der Waals surface area contributed by atoms with Crippen LogP contribution < -0.4 is 5.73 Å². The number of imidazole rings is 1. The lowest BCUT2D eigenvalue weighted by molar-refractivity contribution is -0.130. The molecule has 4 rings (SSSR count). The molecule has 3 aromatic rings. The summed E-state index contributed by atoms with van der Waals surface area (Å²) < 4.78 is 16.5. The van der Waals surface area contributed by atoms with Crippen molar-refractivity contribution in [2.24, 2.45) is 5.73 Å². The quantitative estimate of drug-likeness (QED) is 0.647. The second-order valence-corrected chi connectivity index (χ2v) is 7.90. The molecule has 144 valence electrons. The third kappa shape index (κ3) is 3.40. The van der Waals surface area contributed by atoms with Gasteiger partial charge in [0.1, 0.15) is 11.3 Å². The largest absolute Gasteiger partial charge is 0.366 e. The first kappa shape index (κ1) is 18.6. The van der Waals surface area contributed by atoms with Gasteiger partial charge in [0.05, 0.1) is 24.0 Å². The molecule has 1 fully saturated rings. The predicted molar refractivity (Wildman–Crippen MR) is 106 cm³/mol. The van der Waals surface area contributed by atoms with Crippen LogP contribution in [0.5, 0.6) is 0 Å². The smallest absolute Gasteiger partial charge is 0.250 e. The summed E-state index contributed by atoms with van der Waals surface area (Å²) in [4.78, 5) is 33.0. The van der Waals surface area contributed by atoms with E-state index < -0.39 is 11.6 Å². The van der Waals surface area contributed by atoms with E-state index in [-0.39, 0.29) is 36.7 Å². The monoisotopic (exact) mass is 444 g/mol. The predicted octanol–water partition coefficient (Wildman–Crippen LogP) is 3.06. The number of nitrogens with two attached hydrogens (primary N) is 1. The molecule has 0 radical (unpaired) electrons. The third-order valence-corrected chi connectivity index (χ3v) is 5.51. The molecule has 28 heavy (non-hydrogen) atoms. The molecular formula is C20H18BrFN4O2. The van der Waals surface area contributed by atoms with Gasteiger partial charge < -0.3 is 15.6 Å². The number of H-pyrrole nitrogens is 1. The van der Waals surface area contributed by atoms with Crippen LogP contribution in [0.15, 0.2) is 46.9 Å².